The Bertz CT molecular complexity index is 1040. The van der Waals surface area contributed by atoms with Crippen molar-refractivity contribution in [2.75, 3.05) is 11.9 Å². The van der Waals surface area contributed by atoms with Crippen molar-refractivity contribution >= 4 is 29.3 Å². The first kappa shape index (κ1) is 20.4. The first-order valence-electron chi connectivity index (χ1n) is 8.95. The van der Waals surface area contributed by atoms with E-state index in [2.05, 4.69) is 16.4 Å². The Kier molecular flexibility index (Phi) is 6.51. The highest BCUT2D eigenvalue weighted by atomic mass is 32.2. The number of nitrogens with zero attached hydrogens (tertiary/aromatic N) is 1. The number of amides is 2. The summed E-state index contributed by atoms with van der Waals surface area (Å²) in [5.41, 5.74) is 8.48. The third kappa shape index (κ3) is 5.58. The molecule has 0 aliphatic heterocycles. The summed E-state index contributed by atoms with van der Waals surface area (Å²) >= 11 is 1.46. The van der Waals surface area contributed by atoms with E-state index >= 15 is 0 Å². The van der Waals surface area contributed by atoms with Gasteiger partial charge in [0.15, 0.2) is 6.61 Å². The molecular formula is C22H21N3O3S. The number of primary amides is 1. The van der Waals surface area contributed by atoms with Crippen LogP contribution < -0.4 is 15.8 Å². The van der Waals surface area contributed by atoms with E-state index in [-0.39, 0.29) is 12.5 Å². The minimum absolute atomic E-state index is 0.194. The van der Waals surface area contributed by atoms with Crippen molar-refractivity contribution in [1.82, 2.24) is 4.98 Å². The van der Waals surface area contributed by atoms with Crippen molar-refractivity contribution in [3.05, 3.63) is 77.5 Å². The monoisotopic (exact) mass is 407 g/mol. The number of carbonyl (C=O) groups excluding carboxylic acids is 2. The topological polar surface area (TPSA) is 94.3 Å². The first-order chi connectivity index (χ1) is 13.9. The SMILES string of the molecule is Cc1ccc(Sc2ncccc2C(=O)Nc2ccc(OCC(N)=O)cc2)c(C)c1. The Morgan fingerprint density at radius 3 is 2.55 bits per heavy atom. The van der Waals surface area contributed by atoms with E-state index in [1.165, 1.54) is 17.3 Å². The minimum atomic E-state index is -0.548. The van der Waals surface area contributed by atoms with E-state index in [4.69, 9.17) is 10.5 Å². The van der Waals surface area contributed by atoms with Gasteiger partial charge in [-0.2, -0.15) is 0 Å². The van der Waals surface area contributed by atoms with E-state index in [1.807, 2.05) is 26.0 Å². The van der Waals surface area contributed by atoms with Crippen LogP contribution in [0.25, 0.3) is 0 Å². The van der Waals surface area contributed by atoms with Crippen LogP contribution >= 0.6 is 11.8 Å². The first-order valence-corrected chi connectivity index (χ1v) is 9.76. The Morgan fingerprint density at radius 1 is 1.10 bits per heavy atom. The Balaban J connectivity index is 1.73. The molecule has 7 heteroatoms. The maximum Gasteiger partial charge on any atom is 0.258 e. The molecule has 1 heterocycles. The molecular weight excluding hydrogens is 386 g/mol. The van der Waals surface area contributed by atoms with Crippen LogP contribution in [-0.2, 0) is 4.79 Å². The van der Waals surface area contributed by atoms with E-state index in [0.29, 0.717) is 22.0 Å². The highest BCUT2D eigenvalue weighted by Crippen LogP contribution is 2.32. The molecule has 3 N–H and O–H groups in total. The van der Waals surface area contributed by atoms with Crippen molar-refractivity contribution < 1.29 is 14.3 Å². The average Bonchev–Trinajstić information content (AvgIpc) is 2.70. The summed E-state index contributed by atoms with van der Waals surface area (Å²) in [6.07, 6.45) is 1.67. The molecule has 0 aliphatic carbocycles. The van der Waals surface area contributed by atoms with Crippen molar-refractivity contribution in [2.24, 2.45) is 5.73 Å². The number of hydrogen-bond donors (Lipinski definition) is 2. The second-order valence-electron chi connectivity index (χ2n) is 6.46. The number of nitrogens with two attached hydrogens (primary N) is 1. The third-order valence-electron chi connectivity index (χ3n) is 4.05. The quantitative estimate of drug-likeness (QED) is 0.618. The molecule has 0 radical (unpaired) electrons. The molecule has 3 rings (SSSR count). The fraction of sp³-hybridized carbons (Fsp3) is 0.136. The lowest BCUT2D eigenvalue weighted by molar-refractivity contribution is -0.119. The van der Waals surface area contributed by atoms with E-state index < -0.39 is 5.91 Å². The fourth-order valence-electron chi connectivity index (χ4n) is 2.65. The molecule has 0 bridgehead atoms. The lowest BCUT2D eigenvalue weighted by Gasteiger charge is -2.11. The van der Waals surface area contributed by atoms with Crippen molar-refractivity contribution in [3.8, 4) is 5.75 Å². The molecule has 0 saturated carbocycles. The molecule has 0 unspecified atom stereocenters. The summed E-state index contributed by atoms with van der Waals surface area (Å²) in [6.45, 7) is 3.89. The van der Waals surface area contributed by atoms with Gasteiger partial charge in [-0.05, 0) is 61.9 Å². The summed E-state index contributed by atoms with van der Waals surface area (Å²) in [6, 6.07) is 16.4. The molecule has 0 atom stereocenters. The lowest BCUT2D eigenvalue weighted by atomic mass is 10.2. The molecule has 0 saturated heterocycles. The molecule has 6 nitrogen and oxygen atoms in total. The fourth-order valence-corrected chi connectivity index (χ4v) is 3.60. The van der Waals surface area contributed by atoms with E-state index in [0.717, 1.165) is 10.5 Å². The third-order valence-corrected chi connectivity index (χ3v) is 5.24. The molecule has 0 spiro atoms. The summed E-state index contributed by atoms with van der Waals surface area (Å²) in [5, 5.41) is 3.50. The number of nitrogens with one attached hydrogen (secondary N) is 1. The Hall–Kier alpha value is -3.32. The Labute approximate surface area is 173 Å². The zero-order valence-electron chi connectivity index (χ0n) is 16.1. The number of anilines is 1. The second kappa shape index (κ2) is 9.25. The zero-order chi connectivity index (χ0) is 20.8. The van der Waals surface area contributed by atoms with E-state index in [9.17, 15) is 9.59 Å². The van der Waals surface area contributed by atoms with Crippen LogP contribution in [-0.4, -0.2) is 23.4 Å². The number of benzene rings is 2. The number of aryl methyl sites for hydroxylation is 2. The summed E-state index contributed by atoms with van der Waals surface area (Å²) in [5.74, 6) is -0.307. The van der Waals surface area contributed by atoms with Crippen LogP contribution in [0.2, 0.25) is 0 Å². The second-order valence-corrected chi connectivity index (χ2v) is 7.49. The summed E-state index contributed by atoms with van der Waals surface area (Å²) < 4.78 is 5.22. The molecule has 3 aromatic rings. The summed E-state index contributed by atoms with van der Waals surface area (Å²) in [4.78, 5) is 29.0. The normalized spacial score (nSPS) is 10.4. The number of ether oxygens (including phenoxy) is 1. The molecule has 2 amide bonds. The van der Waals surface area contributed by atoms with Crippen LogP contribution in [0.4, 0.5) is 5.69 Å². The van der Waals surface area contributed by atoms with Crippen LogP contribution in [0.1, 0.15) is 21.5 Å². The highest BCUT2D eigenvalue weighted by molar-refractivity contribution is 7.99. The largest absolute Gasteiger partial charge is 0.484 e. The maximum atomic E-state index is 12.8. The van der Waals surface area contributed by atoms with Crippen LogP contribution in [0, 0.1) is 13.8 Å². The maximum absolute atomic E-state index is 12.8. The molecule has 2 aromatic carbocycles. The lowest BCUT2D eigenvalue weighted by Crippen LogP contribution is -2.20. The molecule has 0 fully saturated rings. The Morgan fingerprint density at radius 2 is 1.86 bits per heavy atom. The standard InChI is InChI=1S/C22H21N3O3S/c1-14-5-10-19(15(2)12-14)29-22-18(4-3-11-24-22)21(27)25-16-6-8-17(9-7-16)28-13-20(23)26/h3-12H,13H2,1-2H3,(H2,23,26)(H,25,27). The van der Waals surface area contributed by atoms with Gasteiger partial charge < -0.3 is 15.8 Å². The van der Waals surface area contributed by atoms with Gasteiger partial charge in [0.05, 0.1) is 5.56 Å². The molecule has 1 aromatic heterocycles. The van der Waals surface area contributed by atoms with Crippen LogP contribution in [0.3, 0.4) is 0 Å². The minimum Gasteiger partial charge on any atom is -0.484 e. The summed E-state index contributed by atoms with van der Waals surface area (Å²) in [7, 11) is 0. The number of aromatic nitrogens is 1. The van der Waals surface area contributed by atoms with Gasteiger partial charge in [0.25, 0.3) is 11.8 Å². The van der Waals surface area contributed by atoms with Crippen molar-refractivity contribution in [2.45, 2.75) is 23.8 Å². The van der Waals surface area contributed by atoms with Crippen LogP contribution in [0.5, 0.6) is 5.75 Å². The number of hydrogen-bond acceptors (Lipinski definition) is 5. The van der Waals surface area contributed by atoms with Gasteiger partial charge in [0.1, 0.15) is 10.8 Å². The zero-order valence-corrected chi connectivity index (χ0v) is 17.0. The van der Waals surface area contributed by atoms with Crippen LogP contribution in [0.15, 0.2) is 70.7 Å². The average molecular weight is 407 g/mol. The molecule has 29 heavy (non-hydrogen) atoms. The van der Waals surface area contributed by atoms with Crippen molar-refractivity contribution in [1.29, 1.82) is 0 Å². The van der Waals surface area contributed by atoms with Gasteiger partial charge in [0.2, 0.25) is 0 Å². The van der Waals surface area contributed by atoms with Gasteiger partial charge >= 0.3 is 0 Å². The highest BCUT2D eigenvalue weighted by Gasteiger charge is 2.15. The number of pyridine rings is 1. The van der Waals surface area contributed by atoms with Crippen molar-refractivity contribution in [3.63, 3.8) is 0 Å². The molecule has 148 valence electrons. The van der Waals surface area contributed by atoms with Gasteiger partial charge in [-0.3, -0.25) is 9.59 Å². The smallest absolute Gasteiger partial charge is 0.258 e. The van der Waals surface area contributed by atoms with Gasteiger partial charge in [-0.25, -0.2) is 4.98 Å². The van der Waals surface area contributed by atoms with Gasteiger partial charge in [-0.1, -0.05) is 29.5 Å². The number of rotatable bonds is 7. The predicted molar refractivity (Wildman–Crippen MR) is 113 cm³/mol. The van der Waals surface area contributed by atoms with Gasteiger partial charge in [0, 0.05) is 16.8 Å². The van der Waals surface area contributed by atoms with Gasteiger partial charge in [-0.15, -0.1) is 0 Å². The predicted octanol–water partition coefficient (Wildman–Crippen LogP) is 3.97. The van der Waals surface area contributed by atoms with E-state index in [1.54, 1.807) is 42.6 Å². The molecule has 0 aliphatic rings. The number of carbonyl (C=O) groups is 2.